The molecule has 1 saturated heterocycles. The average Bonchev–Trinajstić information content (AvgIpc) is 2.63. The first-order valence-electron chi connectivity index (χ1n) is 5.30. The van der Waals surface area contributed by atoms with Gasteiger partial charge in [-0.3, -0.25) is 4.79 Å². The molecule has 88 valence electrons. The van der Waals surface area contributed by atoms with Gasteiger partial charge in [0.25, 0.3) is 0 Å². The summed E-state index contributed by atoms with van der Waals surface area (Å²) in [6.45, 7) is 1.66. The molecule has 0 amide bonds. The van der Waals surface area contributed by atoms with E-state index in [1.807, 2.05) is 21.6 Å². The third kappa shape index (κ3) is 6.59. The van der Waals surface area contributed by atoms with Crippen LogP contribution in [0.15, 0.2) is 0 Å². The number of hydrogen-bond donors (Lipinski definition) is 0. The van der Waals surface area contributed by atoms with Gasteiger partial charge in [0.1, 0.15) is 0 Å². The maximum absolute atomic E-state index is 11.1. The third-order valence-electron chi connectivity index (χ3n) is 2.18. The summed E-state index contributed by atoms with van der Waals surface area (Å²) in [7, 11) is 3.95. The second-order valence-corrected chi connectivity index (χ2v) is 7.01. The summed E-state index contributed by atoms with van der Waals surface area (Å²) in [4.78, 5) is 11.1. The first-order valence-corrected chi connectivity index (χ1v) is 8.12. The van der Waals surface area contributed by atoms with Crippen molar-refractivity contribution in [1.29, 1.82) is 0 Å². The molecule has 0 aromatic rings. The Morgan fingerprint density at radius 3 is 3.00 bits per heavy atom. The number of carbonyl (C=O) groups is 1. The molecule has 15 heavy (non-hydrogen) atoms. The number of alkyl halides is 1. The first-order chi connectivity index (χ1) is 7.18. The van der Waals surface area contributed by atoms with Crippen LogP contribution in [-0.2, 0) is 9.53 Å². The van der Waals surface area contributed by atoms with E-state index in [1.165, 1.54) is 18.6 Å². The summed E-state index contributed by atoms with van der Waals surface area (Å²) >= 11 is 5.54. The van der Waals surface area contributed by atoms with Crippen molar-refractivity contribution in [3.05, 3.63) is 0 Å². The van der Waals surface area contributed by atoms with Crippen molar-refractivity contribution in [2.75, 3.05) is 5.75 Å². The molecule has 1 aliphatic heterocycles. The Balaban J connectivity index is 1.94. The number of unbranched alkanes of at least 4 members (excludes halogenated alkanes) is 1. The predicted molar refractivity (Wildman–Crippen MR) is 68.3 cm³/mol. The van der Waals surface area contributed by atoms with Crippen LogP contribution in [0.2, 0.25) is 0 Å². The minimum atomic E-state index is -0.501. The van der Waals surface area contributed by atoms with Gasteiger partial charge in [0.15, 0.2) is 5.56 Å². The fourth-order valence-electron chi connectivity index (χ4n) is 1.45. The van der Waals surface area contributed by atoms with Gasteiger partial charge in [0.05, 0.1) is 0 Å². The van der Waals surface area contributed by atoms with Crippen LogP contribution in [0.5, 0.6) is 0 Å². The minimum absolute atomic E-state index is 0.175. The van der Waals surface area contributed by atoms with E-state index in [9.17, 15) is 4.79 Å². The highest BCUT2D eigenvalue weighted by Crippen LogP contribution is 2.39. The predicted octanol–water partition coefficient (Wildman–Crippen LogP) is 3.83. The molecule has 0 aromatic heterocycles. The fraction of sp³-hybridized carbons (Fsp3) is 0.900. The number of ether oxygens (including phenoxy) is 1. The molecule has 5 heteroatoms. The van der Waals surface area contributed by atoms with Crippen molar-refractivity contribution in [2.24, 2.45) is 0 Å². The lowest BCUT2D eigenvalue weighted by Crippen LogP contribution is -2.09. The fourth-order valence-corrected chi connectivity index (χ4v) is 4.57. The zero-order valence-corrected chi connectivity index (χ0v) is 11.3. The summed E-state index contributed by atoms with van der Waals surface area (Å²) in [5, 5.41) is 0.804. The quantitative estimate of drug-likeness (QED) is 0.317. The van der Waals surface area contributed by atoms with Crippen LogP contribution in [-0.4, -0.2) is 22.5 Å². The van der Waals surface area contributed by atoms with Gasteiger partial charge in [0.2, 0.25) is 0 Å². The van der Waals surface area contributed by atoms with Gasteiger partial charge in [-0.25, -0.2) is 0 Å². The van der Waals surface area contributed by atoms with E-state index in [0.29, 0.717) is 6.42 Å². The molecular weight excluding hydrogens is 252 g/mol. The molecule has 0 aromatic carbocycles. The van der Waals surface area contributed by atoms with Crippen LogP contribution in [0.3, 0.4) is 0 Å². The molecule has 0 radical (unpaired) electrons. The van der Waals surface area contributed by atoms with E-state index >= 15 is 0 Å². The van der Waals surface area contributed by atoms with Gasteiger partial charge in [-0.1, -0.05) is 39.6 Å². The van der Waals surface area contributed by atoms with Gasteiger partial charge in [-0.15, -0.1) is 0 Å². The minimum Gasteiger partial charge on any atom is -0.446 e. The number of carbonyl (C=O) groups excluding carboxylic acids is 1. The van der Waals surface area contributed by atoms with Crippen LogP contribution in [0.4, 0.5) is 0 Å². The van der Waals surface area contributed by atoms with E-state index < -0.39 is 5.56 Å². The van der Waals surface area contributed by atoms with Gasteiger partial charge >= 0.3 is 5.97 Å². The molecule has 0 N–H and O–H groups in total. The molecule has 0 aliphatic carbocycles. The topological polar surface area (TPSA) is 26.3 Å². The van der Waals surface area contributed by atoms with Crippen molar-refractivity contribution in [2.45, 2.75) is 49.8 Å². The zero-order valence-electron chi connectivity index (χ0n) is 8.91. The monoisotopic (exact) mass is 268 g/mol. The summed E-state index contributed by atoms with van der Waals surface area (Å²) in [5.41, 5.74) is -0.501. The molecule has 2 atom stereocenters. The average molecular weight is 269 g/mol. The molecule has 2 unspecified atom stereocenters. The molecule has 0 saturated carbocycles. The number of halogens is 1. The maximum atomic E-state index is 11.1. The molecule has 0 spiro atoms. The maximum Gasteiger partial charge on any atom is 0.307 e. The van der Waals surface area contributed by atoms with Crippen molar-refractivity contribution < 1.29 is 9.53 Å². The second kappa shape index (κ2) is 7.69. The molecule has 1 heterocycles. The largest absolute Gasteiger partial charge is 0.446 e. The Morgan fingerprint density at radius 1 is 1.60 bits per heavy atom. The van der Waals surface area contributed by atoms with Crippen molar-refractivity contribution >= 4 is 39.2 Å². The van der Waals surface area contributed by atoms with Crippen LogP contribution >= 0.6 is 33.2 Å². The van der Waals surface area contributed by atoms with Crippen molar-refractivity contribution in [3.8, 4) is 0 Å². The molecule has 1 fully saturated rings. The van der Waals surface area contributed by atoms with E-state index in [2.05, 4.69) is 0 Å². The van der Waals surface area contributed by atoms with Crippen molar-refractivity contribution in [1.82, 2.24) is 0 Å². The molecule has 1 aliphatic rings. The van der Waals surface area contributed by atoms with Crippen LogP contribution in [0.25, 0.3) is 0 Å². The Bertz CT molecular complexity index is 194. The highest BCUT2D eigenvalue weighted by Gasteiger charge is 2.16. The standard InChI is InChI=1S/C10H17ClO2S2/c1-8(11)13-10(12)5-3-2-4-9-6-7-14-15-9/h8-9H,2-7H2,1H3. The van der Waals surface area contributed by atoms with Gasteiger partial charge in [-0.05, 0) is 26.2 Å². The van der Waals surface area contributed by atoms with E-state index in [0.717, 1.165) is 18.1 Å². The van der Waals surface area contributed by atoms with E-state index in [-0.39, 0.29) is 5.97 Å². The van der Waals surface area contributed by atoms with Crippen LogP contribution in [0.1, 0.15) is 39.0 Å². The van der Waals surface area contributed by atoms with Gasteiger partial charge in [-0.2, -0.15) is 0 Å². The summed E-state index contributed by atoms with van der Waals surface area (Å²) in [6.07, 6.45) is 5.08. The zero-order chi connectivity index (χ0) is 11.1. The third-order valence-corrected chi connectivity index (χ3v) is 5.27. The van der Waals surface area contributed by atoms with Gasteiger partial charge < -0.3 is 4.74 Å². The Morgan fingerprint density at radius 2 is 2.40 bits per heavy atom. The Hall–Kier alpha value is 0.460. The summed E-state index contributed by atoms with van der Waals surface area (Å²) in [5.74, 6) is 1.10. The van der Waals surface area contributed by atoms with E-state index in [4.69, 9.17) is 16.3 Å². The Labute approximate surface area is 104 Å². The normalized spacial score (nSPS) is 22.7. The summed E-state index contributed by atoms with van der Waals surface area (Å²) < 4.78 is 4.84. The van der Waals surface area contributed by atoms with Crippen LogP contribution < -0.4 is 0 Å². The number of esters is 1. The highest BCUT2D eigenvalue weighted by atomic mass is 35.5. The lowest BCUT2D eigenvalue weighted by molar-refractivity contribution is -0.144. The molecule has 0 bridgehead atoms. The number of rotatable bonds is 6. The SMILES string of the molecule is CC(Cl)OC(=O)CCCCC1CCSS1. The molecule has 2 nitrogen and oxygen atoms in total. The second-order valence-electron chi connectivity index (χ2n) is 3.61. The lowest BCUT2D eigenvalue weighted by Gasteiger charge is -2.07. The van der Waals surface area contributed by atoms with Gasteiger partial charge in [0, 0.05) is 17.4 Å². The van der Waals surface area contributed by atoms with E-state index in [1.54, 1.807) is 6.92 Å². The number of hydrogen-bond acceptors (Lipinski definition) is 4. The van der Waals surface area contributed by atoms with Crippen molar-refractivity contribution in [3.63, 3.8) is 0 Å². The molecule has 1 rings (SSSR count). The first kappa shape index (κ1) is 13.5. The summed E-state index contributed by atoms with van der Waals surface area (Å²) in [6, 6.07) is 0. The van der Waals surface area contributed by atoms with Crippen LogP contribution in [0, 0.1) is 0 Å². The smallest absolute Gasteiger partial charge is 0.307 e. The highest BCUT2D eigenvalue weighted by molar-refractivity contribution is 8.77. The molecular formula is C10H17ClO2S2. The Kier molecular flexibility index (Phi) is 6.93. The lowest BCUT2D eigenvalue weighted by atomic mass is 10.1.